The fraction of sp³-hybridized carbons (Fsp3) is 0.786. The van der Waals surface area contributed by atoms with Crippen LogP contribution in [0.2, 0.25) is 0 Å². The third-order valence-corrected chi connectivity index (χ3v) is 3.04. The van der Waals surface area contributed by atoms with Crippen LogP contribution in [0.15, 0.2) is 12.7 Å². The van der Waals surface area contributed by atoms with Crippen molar-refractivity contribution in [1.29, 1.82) is 0 Å². The maximum absolute atomic E-state index is 11.7. The van der Waals surface area contributed by atoms with Crippen LogP contribution in [0.3, 0.4) is 0 Å². The highest BCUT2D eigenvalue weighted by Gasteiger charge is 2.44. The molecule has 0 radical (unpaired) electrons. The Morgan fingerprint density at radius 1 is 1.24 bits per heavy atom. The number of esters is 1. The van der Waals surface area contributed by atoms with Crippen molar-refractivity contribution in [1.82, 2.24) is 0 Å². The summed E-state index contributed by atoms with van der Waals surface area (Å²) >= 11 is 0. The van der Waals surface area contributed by atoms with Crippen LogP contribution in [0, 0.1) is 5.41 Å². The fourth-order valence-electron chi connectivity index (χ4n) is 1.73. The van der Waals surface area contributed by atoms with E-state index >= 15 is 0 Å². The molecule has 0 aromatic heterocycles. The molecule has 5 atom stereocenters. The molecule has 1 saturated heterocycles. The van der Waals surface area contributed by atoms with E-state index in [9.17, 15) is 20.1 Å². The molecule has 7 nitrogen and oxygen atoms in total. The molecule has 7 heteroatoms. The van der Waals surface area contributed by atoms with Crippen LogP contribution in [0.1, 0.15) is 20.8 Å². The molecular formula is C14H24O7. The number of ether oxygens (including phenoxy) is 3. The molecule has 0 saturated carbocycles. The van der Waals surface area contributed by atoms with Crippen LogP contribution in [-0.2, 0) is 19.0 Å². The largest absolute Gasteiger partial charge is 0.462 e. The SMILES string of the molecule is C=CCO[C@H]1O[C@H](COC(=O)C(C)(C)C)[C@H](O)[C@H](O)[C@H]1O. The van der Waals surface area contributed by atoms with Gasteiger partial charge in [-0.15, -0.1) is 6.58 Å². The Morgan fingerprint density at radius 2 is 1.86 bits per heavy atom. The third-order valence-electron chi connectivity index (χ3n) is 3.04. The number of hydrogen-bond donors (Lipinski definition) is 3. The minimum Gasteiger partial charge on any atom is -0.462 e. The predicted molar refractivity (Wildman–Crippen MR) is 73.2 cm³/mol. The van der Waals surface area contributed by atoms with Crippen LogP contribution in [0.5, 0.6) is 0 Å². The lowest BCUT2D eigenvalue weighted by molar-refractivity contribution is -0.299. The van der Waals surface area contributed by atoms with Crippen LogP contribution >= 0.6 is 0 Å². The maximum Gasteiger partial charge on any atom is 0.311 e. The van der Waals surface area contributed by atoms with Crippen molar-refractivity contribution in [2.24, 2.45) is 5.41 Å². The van der Waals surface area contributed by atoms with Gasteiger partial charge in [0.1, 0.15) is 31.0 Å². The average Bonchev–Trinajstić information content (AvgIpc) is 2.41. The van der Waals surface area contributed by atoms with Gasteiger partial charge in [0.25, 0.3) is 0 Å². The van der Waals surface area contributed by atoms with Crippen molar-refractivity contribution < 1.29 is 34.3 Å². The molecule has 1 fully saturated rings. The first-order valence-electron chi connectivity index (χ1n) is 6.78. The van der Waals surface area contributed by atoms with Gasteiger partial charge >= 0.3 is 5.97 Å². The Labute approximate surface area is 124 Å². The second-order valence-corrected chi connectivity index (χ2v) is 5.99. The quantitative estimate of drug-likeness (QED) is 0.468. The number of hydrogen-bond acceptors (Lipinski definition) is 7. The summed E-state index contributed by atoms with van der Waals surface area (Å²) in [4.78, 5) is 11.7. The number of rotatable bonds is 5. The first-order chi connectivity index (χ1) is 9.68. The van der Waals surface area contributed by atoms with Crippen molar-refractivity contribution in [2.45, 2.75) is 51.5 Å². The number of carbonyl (C=O) groups excluding carboxylic acids is 1. The second kappa shape index (κ2) is 7.33. The van der Waals surface area contributed by atoms with E-state index in [0.717, 1.165) is 0 Å². The molecule has 1 aliphatic heterocycles. The van der Waals surface area contributed by atoms with Gasteiger partial charge in [0.05, 0.1) is 12.0 Å². The zero-order chi connectivity index (χ0) is 16.2. The maximum atomic E-state index is 11.7. The lowest BCUT2D eigenvalue weighted by Gasteiger charge is -2.40. The van der Waals surface area contributed by atoms with Crippen LogP contribution in [0.25, 0.3) is 0 Å². The highest BCUT2D eigenvalue weighted by molar-refractivity contribution is 5.75. The minimum absolute atomic E-state index is 0.110. The number of aliphatic hydroxyl groups excluding tert-OH is 3. The van der Waals surface area contributed by atoms with Gasteiger partial charge in [-0.1, -0.05) is 6.08 Å². The molecular weight excluding hydrogens is 280 g/mol. The highest BCUT2D eigenvalue weighted by atomic mass is 16.7. The summed E-state index contributed by atoms with van der Waals surface area (Å²) in [5, 5.41) is 29.4. The summed E-state index contributed by atoms with van der Waals surface area (Å²) in [6.45, 7) is 8.42. The molecule has 1 heterocycles. The predicted octanol–water partition coefficient (Wildman–Crippen LogP) is -0.414. The molecule has 0 amide bonds. The van der Waals surface area contributed by atoms with Gasteiger partial charge < -0.3 is 29.5 Å². The molecule has 21 heavy (non-hydrogen) atoms. The van der Waals surface area contributed by atoms with Gasteiger partial charge in [-0.25, -0.2) is 0 Å². The van der Waals surface area contributed by atoms with Crippen molar-refractivity contribution in [3.05, 3.63) is 12.7 Å². The Balaban J connectivity index is 2.63. The van der Waals surface area contributed by atoms with E-state index in [4.69, 9.17) is 14.2 Å². The summed E-state index contributed by atoms with van der Waals surface area (Å²) in [5.41, 5.74) is -0.684. The normalized spacial score (nSPS) is 33.5. The lowest BCUT2D eigenvalue weighted by Crippen LogP contribution is -2.59. The molecule has 0 aromatic carbocycles. The van der Waals surface area contributed by atoms with Crippen molar-refractivity contribution in [2.75, 3.05) is 13.2 Å². The summed E-state index contributed by atoms with van der Waals surface area (Å²) in [6, 6.07) is 0. The molecule has 0 bridgehead atoms. The van der Waals surface area contributed by atoms with Crippen LogP contribution < -0.4 is 0 Å². The van der Waals surface area contributed by atoms with E-state index in [1.54, 1.807) is 20.8 Å². The summed E-state index contributed by atoms with van der Waals surface area (Å²) in [5.74, 6) is -0.456. The van der Waals surface area contributed by atoms with E-state index in [-0.39, 0.29) is 13.2 Å². The summed E-state index contributed by atoms with van der Waals surface area (Å²) in [6.07, 6.45) is -4.87. The van der Waals surface area contributed by atoms with Gasteiger partial charge in [0.15, 0.2) is 6.29 Å². The van der Waals surface area contributed by atoms with E-state index in [1.807, 2.05) is 0 Å². The molecule has 0 spiro atoms. The number of aliphatic hydroxyl groups is 3. The Hall–Kier alpha value is -0.990. The van der Waals surface area contributed by atoms with Gasteiger partial charge in [-0.3, -0.25) is 4.79 Å². The van der Waals surface area contributed by atoms with Crippen LogP contribution in [-0.4, -0.2) is 65.2 Å². The lowest BCUT2D eigenvalue weighted by atomic mass is 9.97. The Bertz CT molecular complexity index is 363. The van der Waals surface area contributed by atoms with Gasteiger partial charge in [-0.2, -0.15) is 0 Å². The van der Waals surface area contributed by atoms with Gasteiger partial charge in [0.2, 0.25) is 0 Å². The molecule has 0 unspecified atom stereocenters. The van der Waals surface area contributed by atoms with Crippen molar-refractivity contribution in [3.8, 4) is 0 Å². The number of carbonyl (C=O) groups is 1. The van der Waals surface area contributed by atoms with Gasteiger partial charge in [0, 0.05) is 0 Å². The van der Waals surface area contributed by atoms with Gasteiger partial charge in [-0.05, 0) is 20.8 Å². The van der Waals surface area contributed by atoms with E-state index in [1.165, 1.54) is 6.08 Å². The van der Waals surface area contributed by atoms with E-state index in [2.05, 4.69) is 6.58 Å². The standard InChI is InChI=1S/C14H24O7/c1-5-6-19-12-11(17)10(16)9(15)8(21-12)7-20-13(18)14(2,3)4/h5,8-12,15-17H,1,6-7H2,2-4H3/t8-,9+,10+,11-,12+/m1/s1. The molecule has 1 rings (SSSR count). The van der Waals surface area contributed by atoms with Crippen molar-refractivity contribution in [3.63, 3.8) is 0 Å². The zero-order valence-electron chi connectivity index (χ0n) is 12.6. The topological polar surface area (TPSA) is 105 Å². The minimum atomic E-state index is -1.45. The van der Waals surface area contributed by atoms with E-state index in [0.29, 0.717) is 0 Å². The first kappa shape index (κ1) is 18.1. The van der Waals surface area contributed by atoms with Crippen molar-refractivity contribution >= 4 is 5.97 Å². The second-order valence-electron chi connectivity index (χ2n) is 5.99. The smallest absolute Gasteiger partial charge is 0.311 e. The summed E-state index contributed by atoms with van der Waals surface area (Å²) in [7, 11) is 0. The Morgan fingerprint density at radius 3 is 2.38 bits per heavy atom. The van der Waals surface area contributed by atoms with E-state index < -0.39 is 42.1 Å². The third kappa shape index (κ3) is 4.76. The molecule has 1 aliphatic rings. The molecule has 0 aromatic rings. The molecule has 3 N–H and O–H groups in total. The highest BCUT2D eigenvalue weighted by Crippen LogP contribution is 2.23. The fourth-order valence-corrected chi connectivity index (χ4v) is 1.73. The monoisotopic (exact) mass is 304 g/mol. The van der Waals surface area contributed by atoms with Crippen LogP contribution in [0.4, 0.5) is 0 Å². The average molecular weight is 304 g/mol. The first-order valence-corrected chi connectivity index (χ1v) is 6.78. The molecule has 0 aliphatic carbocycles. The molecule has 122 valence electrons. The Kier molecular flexibility index (Phi) is 6.30. The zero-order valence-corrected chi connectivity index (χ0v) is 12.6. The summed E-state index contributed by atoms with van der Waals surface area (Å²) < 4.78 is 15.6.